The average Bonchev–Trinajstić information content (AvgIpc) is 4.03. The molecule has 0 N–H and O–H groups in total. The minimum Gasteiger partial charge on any atom is -0.317 e. The zero-order chi connectivity index (χ0) is 38.7. The molecule has 4 nitrogen and oxygen atoms in total. The Morgan fingerprint density at radius 2 is 1.10 bits per heavy atom. The van der Waals surface area contributed by atoms with Gasteiger partial charge in [-0.3, -0.25) is 9.98 Å². The van der Waals surface area contributed by atoms with Crippen molar-refractivity contribution in [3.8, 4) is 39.1 Å². The van der Waals surface area contributed by atoms with Crippen LogP contribution in [0.15, 0.2) is 212 Å². The lowest BCUT2D eigenvalue weighted by Gasteiger charge is -2.30. The molecular weight excluding hydrogens is 717 g/mol. The fraction of sp³-hybridized carbons (Fsp3) is 0.0545. The minimum absolute atomic E-state index is 0.104. The van der Waals surface area contributed by atoms with Gasteiger partial charge in [0.25, 0.3) is 0 Å². The molecule has 4 aliphatic rings. The SMILES string of the molecule is C1=CC2N=C(c3ccccc3)N(c3ccc(-c4ccc(-n5c6ccccc6c6cc7c(cc65)C5(c6ccccc6-c6ccccc65)c5ccncc5-7)cc4)cc3)C2C=C1. The van der Waals surface area contributed by atoms with Crippen LogP contribution in [0.5, 0.6) is 0 Å². The highest BCUT2D eigenvalue weighted by molar-refractivity contribution is 6.13. The summed E-state index contributed by atoms with van der Waals surface area (Å²) in [4.78, 5) is 12.2. The predicted molar refractivity (Wildman–Crippen MR) is 242 cm³/mol. The first-order chi connectivity index (χ1) is 29.3. The van der Waals surface area contributed by atoms with Crippen LogP contribution in [0.3, 0.4) is 0 Å². The molecule has 7 aromatic carbocycles. The second kappa shape index (κ2) is 12.2. The lowest BCUT2D eigenvalue weighted by molar-refractivity contribution is 0.739. The maximum absolute atomic E-state index is 5.17. The molecule has 0 saturated heterocycles. The van der Waals surface area contributed by atoms with Gasteiger partial charge in [0.1, 0.15) is 5.84 Å². The molecule has 9 aromatic rings. The van der Waals surface area contributed by atoms with Gasteiger partial charge in [-0.1, -0.05) is 146 Å². The Morgan fingerprint density at radius 3 is 1.86 bits per heavy atom. The zero-order valence-corrected chi connectivity index (χ0v) is 32.1. The van der Waals surface area contributed by atoms with E-state index in [-0.39, 0.29) is 12.1 Å². The maximum Gasteiger partial charge on any atom is 0.136 e. The smallest absolute Gasteiger partial charge is 0.136 e. The number of rotatable bonds is 4. The first-order valence-corrected chi connectivity index (χ1v) is 20.5. The molecule has 3 heterocycles. The van der Waals surface area contributed by atoms with Crippen molar-refractivity contribution in [1.82, 2.24) is 9.55 Å². The summed E-state index contributed by atoms with van der Waals surface area (Å²) >= 11 is 0. The number of aliphatic imine (C=N–C) groups is 1. The Morgan fingerprint density at radius 1 is 0.458 bits per heavy atom. The monoisotopic (exact) mass is 752 g/mol. The third-order valence-electron chi connectivity index (χ3n) is 13.2. The molecule has 1 spiro atoms. The second-order valence-electron chi connectivity index (χ2n) is 16.1. The number of hydrogen-bond donors (Lipinski definition) is 0. The van der Waals surface area contributed by atoms with Crippen LogP contribution in [-0.4, -0.2) is 27.5 Å². The van der Waals surface area contributed by atoms with E-state index in [9.17, 15) is 0 Å². The molecule has 0 fully saturated rings. The second-order valence-corrected chi connectivity index (χ2v) is 16.1. The van der Waals surface area contributed by atoms with E-state index in [0.29, 0.717) is 0 Å². The van der Waals surface area contributed by atoms with Crippen molar-refractivity contribution in [2.45, 2.75) is 17.5 Å². The van der Waals surface area contributed by atoms with E-state index in [1.807, 2.05) is 6.20 Å². The molecule has 2 aromatic heterocycles. The number of amidine groups is 1. The summed E-state index contributed by atoms with van der Waals surface area (Å²) in [5, 5.41) is 2.49. The van der Waals surface area contributed by atoms with Crippen LogP contribution in [0.4, 0.5) is 5.69 Å². The number of benzene rings is 7. The van der Waals surface area contributed by atoms with Crippen LogP contribution in [0.1, 0.15) is 27.8 Å². The number of aromatic nitrogens is 2. The molecule has 3 aliphatic carbocycles. The predicted octanol–water partition coefficient (Wildman–Crippen LogP) is 12.3. The molecule has 0 bridgehead atoms. The van der Waals surface area contributed by atoms with E-state index in [1.54, 1.807) is 0 Å². The van der Waals surface area contributed by atoms with Gasteiger partial charge in [0, 0.05) is 45.7 Å². The quantitative estimate of drug-likeness (QED) is 0.179. The molecule has 276 valence electrons. The van der Waals surface area contributed by atoms with Gasteiger partial charge in [-0.15, -0.1) is 0 Å². The van der Waals surface area contributed by atoms with Gasteiger partial charge >= 0.3 is 0 Å². The zero-order valence-electron chi connectivity index (χ0n) is 32.1. The molecule has 59 heavy (non-hydrogen) atoms. The lowest BCUT2D eigenvalue weighted by atomic mass is 9.70. The summed E-state index contributed by atoms with van der Waals surface area (Å²) < 4.78 is 2.46. The first kappa shape index (κ1) is 32.5. The van der Waals surface area contributed by atoms with Crippen LogP contribution < -0.4 is 4.90 Å². The summed E-state index contributed by atoms with van der Waals surface area (Å²) in [5.74, 6) is 1.01. The van der Waals surface area contributed by atoms with Crippen LogP contribution >= 0.6 is 0 Å². The number of anilines is 1. The average molecular weight is 753 g/mol. The van der Waals surface area contributed by atoms with E-state index < -0.39 is 5.41 Å². The highest BCUT2D eigenvalue weighted by atomic mass is 15.3. The summed E-state index contributed by atoms with van der Waals surface area (Å²) in [7, 11) is 0. The molecule has 0 amide bonds. The van der Waals surface area contributed by atoms with Crippen molar-refractivity contribution in [2.75, 3.05) is 4.90 Å². The van der Waals surface area contributed by atoms with Gasteiger partial charge in [-0.2, -0.15) is 0 Å². The van der Waals surface area contributed by atoms with Crippen molar-refractivity contribution in [2.24, 2.45) is 4.99 Å². The Bertz CT molecular complexity index is 3230. The molecule has 2 atom stereocenters. The van der Waals surface area contributed by atoms with E-state index in [2.05, 4.69) is 215 Å². The van der Waals surface area contributed by atoms with Crippen molar-refractivity contribution >= 4 is 33.3 Å². The third kappa shape index (κ3) is 4.43. The normalized spacial score (nSPS) is 17.6. The van der Waals surface area contributed by atoms with Crippen LogP contribution in [0.25, 0.3) is 60.9 Å². The molecule has 13 rings (SSSR count). The van der Waals surface area contributed by atoms with Crippen molar-refractivity contribution in [3.63, 3.8) is 0 Å². The van der Waals surface area contributed by atoms with Gasteiger partial charge in [-0.05, 0) is 98.6 Å². The highest BCUT2D eigenvalue weighted by Crippen LogP contribution is 2.63. The fourth-order valence-electron chi connectivity index (χ4n) is 10.7. The van der Waals surface area contributed by atoms with E-state index in [1.165, 1.54) is 77.4 Å². The highest BCUT2D eigenvalue weighted by Gasteiger charge is 2.52. The number of para-hydroxylation sites is 1. The number of allylic oxidation sites excluding steroid dienone is 2. The lowest BCUT2D eigenvalue weighted by Crippen LogP contribution is -2.39. The van der Waals surface area contributed by atoms with Gasteiger partial charge in [-0.25, -0.2) is 0 Å². The number of pyridine rings is 1. The Kier molecular flexibility index (Phi) is 6.74. The standard InChI is InChI=1S/C55H36N4/c1-2-12-37(13-3-1)54-57-50-19-9-11-21-52(50)59(54)39-28-24-36(25-29-39)35-22-26-38(27-23-35)58-51-20-10-6-16-42(51)44-32-43-45-34-56-31-30-48(45)55(49(43)33-53(44)58)46-17-7-4-14-40(46)41-15-5-8-18-47(41)55/h1-34,50,52H. The van der Waals surface area contributed by atoms with Crippen LogP contribution in [-0.2, 0) is 5.41 Å². The summed E-state index contributed by atoms with van der Waals surface area (Å²) in [6, 6.07) is 62.8. The molecule has 4 heteroatoms. The van der Waals surface area contributed by atoms with Crippen molar-refractivity contribution < 1.29 is 0 Å². The Labute approximate surface area is 342 Å². The number of fused-ring (bicyclic) bond motifs is 14. The van der Waals surface area contributed by atoms with Gasteiger partial charge in [0.2, 0.25) is 0 Å². The Hall–Kier alpha value is -7.56. The number of hydrogen-bond acceptors (Lipinski definition) is 3. The Balaban J connectivity index is 0.931. The minimum atomic E-state index is -0.431. The molecule has 2 unspecified atom stereocenters. The van der Waals surface area contributed by atoms with E-state index >= 15 is 0 Å². The molecule has 0 saturated carbocycles. The fourth-order valence-corrected chi connectivity index (χ4v) is 10.7. The topological polar surface area (TPSA) is 33.4 Å². The summed E-state index contributed by atoms with van der Waals surface area (Å²) in [5.41, 5.74) is 18.1. The van der Waals surface area contributed by atoms with Gasteiger partial charge in [0.05, 0.1) is 28.5 Å². The summed E-state index contributed by atoms with van der Waals surface area (Å²) in [6.07, 6.45) is 12.8. The van der Waals surface area contributed by atoms with Crippen LogP contribution in [0, 0.1) is 0 Å². The maximum atomic E-state index is 5.17. The first-order valence-electron chi connectivity index (χ1n) is 20.5. The molecule has 1 aliphatic heterocycles. The number of nitrogens with zero attached hydrogens (tertiary/aromatic N) is 4. The van der Waals surface area contributed by atoms with Gasteiger partial charge < -0.3 is 9.47 Å². The largest absolute Gasteiger partial charge is 0.317 e. The van der Waals surface area contributed by atoms with E-state index in [4.69, 9.17) is 4.99 Å². The molecular formula is C55H36N4. The molecule has 0 radical (unpaired) electrons. The van der Waals surface area contributed by atoms with Crippen molar-refractivity contribution in [1.29, 1.82) is 0 Å². The van der Waals surface area contributed by atoms with E-state index in [0.717, 1.165) is 22.8 Å². The third-order valence-corrected chi connectivity index (χ3v) is 13.2. The van der Waals surface area contributed by atoms with Crippen molar-refractivity contribution in [3.05, 3.63) is 234 Å². The van der Waals surface area contributed by atoms with Crippen LogP contribution in [0.2, 0.25) is 0 Å². The summed E-state index contributed by atoms with van der Waals surface area (Å²) in [6.45, 7) is 0. The van der Waals surface area contributed by atoms with Gasteiger partial charge in [0.15, 0.2) is 0 Å².